The van der Waals surface area contributed by atoms with E-state index in [4.69, 9.17) is 16.3 Å². The van der Waals surface area contributed by atoms with Gasteiger partial charge in [0.15, 0.2) is 5.82 Å². The first-order valence-electron chi connectivity index (χ1n) is 6.76. The highest BCUT2D eigenvalue weighted by Gasteiger charge is 2.09. The van der Waals surface area contributed by atoms with Crippen LogP contribution in [0.15, 0.2) is 6.07 Å². The third kappa shape index (κ3) is 4.93. The molecule has 2 rings (SSSR count). The van der Waals surface area contributed by atoms with Crippen molar-refractivity contribution < 1.29 is 4.74 Å². The predicted molar refractivity (Wildman–Crippen MR) is 76.5 cm³/mol. The van der Waals surface area contributed by atoms with Crippen LogP contribution in [0.4, 0.5) is 5.82 Å². The van der Waals surface area contributed by atoms with E-state index in [0.29, 0.717) is 17.6 Å². The molecule has 0 radical (unpaired) electrons. The van der Waals surface area contributed by atoms with Crippen LogP contribution >= 0.6 is 11.6 Å². The summed E-state index contributed by atoms with van der Waals surface area (Å²) in [7, 11) is 1.62. The van der Waals surface area contributed by atoms with Gasteiger partial charge in [0.2, 0.25) is 0 Å². The van der Waals surface area contributed by atoms with E-state index in [9.17, 15) is 0 Å². The van der Waals surface area contributed by atoms with Crippen LogP contribution in [0.1, 0.15) is 25.1 Å². The lowest BCUT2D eigenvalue weighted by atomic mass is 10.1. The minimum Gasteiger partial charge on any atom is -0.377 e. The van der Waals surface area contributed by atoms with Crippen molar-refractivity contribution in [2.75, 3.05) is 38.6 Å². The molecule has 0 aromatic carbocycles. The Morgan fingerprint density at radius 1 is 1.32 bits per heavy atom. The Hall–Kier alpha value is -0.910. The summed E-state index contributed by atoms with van der Waals surface area (Å²) in [6.07, 6.45) is 4.00. The van der Waals surface area contributed by atoms with Gasteiger partial charge >= 0.3 is 0 Å². The molecule has 0 spiro atoms. The van der Waals surface area contributed by atoms with Crippen LogP contribution in [-0.2, 0) is 11.3 Å². The third-order valence-electron chi connectivity index (χ3n) is 3.20. The summed E-state index contributed by atoms with van der Waals surface area (Å²) in [5, 5.41) is 3.75. The quantitative estimate of drug-likeness (QED) is 0.812. The van der Waals surface area contributed by atoms with Gasteiger partial charge in [0.25, 0.3) is 0 Å². The maximum atomic E-state index is 5.96. The minimum absolute atomic E-state index is 0.376. The van der Waals surface area contributed by atoms with E-state index < -0.39 is 0 Å². The van der Waals surface area contributed by atoms with Crippen molar-refractivity contribution in [1.82, 2.24) is 14.9 Å². The average molecular weight is 285 g/mol. The number of aromatic nitrogens is 2. The second-order valence-electron chi connectivity index (χ2n) is 4.75. The molecule has 0 aliphatic carbocycles. The highest BCUT2D eigenvalue weighted by molar-refractivity contribution is 6.29. The number of nitrogens with one attached hydrogen (secondary N) is 1. The number of anilines is 1. The van der Waals surface area contributed by atoms with E-state index >= 15 is 0 Å². The van der Waals surface area contributed by atoms with Crippen molar-refractivity contribution in [3.05, 3.63) is 17.0 Å². The van der Waals surface area contributed by atoms with E-state index in [2.05, 4.69) is 20.2 Å². The molecule has 1 N–H and O–H groups in total. The summed E-state index contributed by atoms with van der Waals surface area (Å²) in [6, 6.07) is 1.75. The molecule has 106 valence electrons. The van der Waals surface area contributed by atoms with E-state index in [1.165, 1.54) is 32.4 Å². The monoisotopic (exact) mass is 284 g/mol. The van der Waals surface area contributed by atoms with E-state index in [1.54, 1.807) is 13.2 Å². The molecule has 5 nitrogen and oxygen atoms in total. The Labute approximate surface area is 119 Å². The number of nitrogens with zero attached hydrogens (tertiary/aromatic N) is 3. The normalized spacial score (nSPS) is 16.5. The molecule has 0 atom stereocenters. The Balaban J connectivity index is 1.81. The van der Waals surface area contributed by atoms with Gasteiger partial charge in [-0.25, -0.2) is 9.97 Å². The maximum Gasteiger partial charge on any atom is 0.158 e. The molecule has 19 heavy (non-hydrogen) atoms. The molecule has 1 aliphatic rings. The van der Waals surface area contributed by atoms with Gasteiger partial charge in [-0.1, -0.05) is 18.0 Å². The molecular formula is C13H21ClN4O. The van der Waals surface area contributed by atoms with Crippen LogP contribution in [-0.4, -0.2) is 48.2 Å². The third-order valence-corrected chi connectivity index (χ3v) is 3.39. The Bertz CT molecular complexity index is 396. The average Bonchev–Trinajstić information content (AvgIpc) is 2.40. The van der Waals surface area contributed by atoms with Crippen molar-refractivity contribution >= 4 is 17.4 Å². The molecule has 1 aromatic heterocycles. The number of likely N-dealkylation sites (tertiary alicyclic amines) is 1. The zero-order valence-corrected chi connectivity index (χ0v) is 12.1. The second-order valence-corrected chi connectivity index (χ2v) is 5.14. The first kappa shape index (κ1) is 14.5. The van der Waals surface area contributed by atoms with Crippen molar-refractivity contribution in [3.63, 3.8) is 0 Å². The summed E-state index contributed by atoms with van der Waals surface area (Å²) in [5.41, 5.74) is 0. The number of hydrogen-bond acceptors (Lipinski definition) is 5. The number of hydrogen-bond donors (Lipinski definition) is 1. The molecule has 0 bridgehead atoms. The van der Waals surface area contributed by atoms with Gasteiger partial charge in [-0.2, -0.15) is 0 Å². The molecule has 1 aromatic rings. The fraction of sp³-hybridized carbons (Fsp3) is 0.692. The van der Waals surface area contributed by atoms with E-state index in [-0.39, 0.29) is 0 Å². The second kappa shape index (κ2) is 7.62. The van der Waals surface area contributed by atoms with Crippen molar-refractivity contribution in [2.45, 2.75) is 25.9 Å². The highest BCUT2D eigenvalue weighted by atomic mass is 35.5. The van der Waals surface area contributed by atoms with Crippen molar-refractivity contribution in [1.29, 1.82) is 0 Å². The largest absolute Gasteiger partial charge is 0.377 e. The summed E-state index contributed by atoms with van der Waals surface area (Å²) in [5.74, 6) is 1.37. The fourth-order valence-corrected chi connectivity index (χ4v) is 2.47. The summed E-state index contributed by atoms with van der Waals surface area (Å²) in [4.78, 5) is 10.9. The smallest absolute Gasteiger partial charge is 0.158 e. The first-order valence-corrected chi connectivity index (χ1v) is 7.14. The Morgan fingerprint density at radius 3 is 2.84 bits per heavy atom. The number of piperidine rings is 1. The number of halogens is 1. The lowest BCUT2D eigenvalue weighted by Crippen LogP contribution is -2.33. The summed E-state index contributed by atoms with van der Waals surface area (Å²) < 4.78 is 5.02. The fourth-order valence-electron chi connectivity index (χ4n) is 2.27. The zero-order valence-electron chi connectivity index (χ0n) is 11.4. The first-order chi connectivity index (χ1) is 9.28. The molecule has 1 aliphatic heterocycles. The number of rotatable bonds is 6. The van der Waals surface area contributed by atoms with Gasteiger partial charge in [0.05, 0.1) is 0 Å². The van der Waals surface area contributed by atoms with Crippen molar-refractivity contribution in [2.24, 2.45) is 0 Å². The standard InChI is InChI=1S/C13H21ClN4O/c1-19-10-13-16-11(14)9-12(17-13)15-5-8-18-6-3-2-4-7-18/h9H,2-8,10H2,1H3,(H,15,16,17). The van der Waals surface area contributed by atoms with Crippen LogP contribution in [0, 0.1) is 0 Å². The van der Waals surface area contributed by atoms with Gasteiger partial charge in [-0.15, -0.1) is 0 Å². The zero-order chi connectivity index (χ0) is 13.5. The summed E-state index contributed by atoms with van der Waals surface area (Å²) >= 11 is 5.96. The van der Waals surface area contributed by atoms with E-state index in [0.717, 1.165) is 18.9 Å². The van der Waals surface area contributed by atoms with Crippen LogP contribution in [0.3, 0.4) is 0 Å². The lowest BCUT2D eigenvalue weighted by Gasteiger charge is -2.26. The Morgan fingerprint density at radius 2 is 2.11 bits per heavy atom. The SMILES string of the molecule is COCc1nc(Cl)cc(NCCN2CCCCC2)n1. The van der Waals surface area contributed by atoms with Crippen LogP contribution in [0.5, 0.6) is 0 Å². The van der Waals surface area contributed by atoms with Gasteiger partial charge in [-0.05, 0) is 25.9 Å². The molecule has 0 saturated carbocycles. The molecule has 0 amide bonds. The van der Waals surface area contributed by atoms with Gasteiger partial charge in [-0.3, -0.25) is 0 Å². The topological polar surface area (TPSA) is 50.3 Å². The highest BCUT2D eigenvalue weighted by Crippen LogP contribution is 2.12. The predicted octanol–water partition coefficient (Wildman–Crippen LogP) is 2.17. The molecule has 2 heterocycles. The molecule has 0 unspecified atom stereocenters. The van der Waals surface area contributed by atoms with Crippen LogP contribution in [0.2, 0.25) is 5.15 Å². The van der Waals surface area contributed by atoms with E-state index in [1.807, 2.05) is 0 Å². The van der Waals surface area contributed by atoms with Gasteiger partial charge in [0.1, 0.15) is 17.6 Å². The Kier molecular flexibility index (Phi) is 5.82. The lowest BCUT2D eigenvalue weighted by molar-refractivity contribution is 0.178. The number of methoxy groups -OCH3 is 1. The van der Waals surface area contributed by atoms with Gasteiger partial charge in [0, 0.05) is 26.3 Å². The summed E-state index contributed by atoms with van der Waals surface area (Å²) in [6.45, 7) is 4.71. The molecule has 6 heteroatoms. The van der Waals surface area contributed by atoms with Crippen molar-refractivity contribution in [3.8, 4) is 0 Å². The molecule has 1 fully saturated rings. The number of ether oxygens (including phenoxy) is 1. The molecular weight excluding hydrogens is 264 g/mol. The maximum absolute atomic E-state index is 5.96. The van der Waals surface area contributed by atoms with Gasteiger partial charge < -0.3 is 15.0 Å². The van der Waals surface area contributed by atoms with Crippen LogP contribution in [0.25, 0.3) is 0 Å². The van der Waals surface area contributed by atoms with Crippen LogP contribution < -0.4 is 5.32 Å². The minimum atomic E-state index is 0.376. The molecule has 1 saturated heterocycles.